The fourth-order valence-corrected chi connectivity index (χ4v) is 2.77. The summed E-state index contributed by atoms with van der Waals surface area (Å²) < 4.78 is 5.92. The van der Waals surface area contributed by atoms with Crippen molar-refractivity contribution in [3.8, 4) is 5.88 Å². The first-order valence-corrected chi connectivity index (χ1v) is 7.60. The summed E-state index contributed by atoms with van der Waals surface area (Å²) in [5.41, 5.74) is 1.26. The number of hydrogen-bond acceptors (Lipinski definition) is 5. The Kier molecular flexibility index (Phi) is 4.29. The number of aryl methyl sites for hydroxylation is 1. The Morgan fingerprint density at radius 1 is 1.36 bits per heavy atom. The van der Waals surface area contributed by atoms with Crippen molar-refractivity contribution in [1.82, 2.24) is 15.2 Å². The molecule has 2 aromatic rings. The number of pyridine rings is 1. The number of aromatic nitrogens is 3. The van der Waals surface area contributed by atoms with E-state index in [2.05, 4.69) is 20.1 Å². The zero-order chi connectivity index (χ0) is 15.5. The molecular formula is C15H17ClN4O2. The zero-order valence-electron chi connectivity index (χ0n) is 12.3. The molecular weight excluding hydrogens is 304 g/mol. The van der Waals surface area contributed by atoms with E-state index in [1.165, 1.54) is 0 Å². The summed E-state index contributed by atoms with van der Waals surface area (Å²) in [5.74, 6) is 0.661. The molecule has 0 radical (unpaired) electrons. The van der Waals surface area contributed by atoms with E-state index in [0.717, 1.165) is 31.6 Å². The molecule has 116 valence electrons. The van der Waals surface area contributed by atoms with Gasteiger partial charge < -0.3 is 9.64 Å². The van der Waals surface area contributed by atoms with Crippen LogP contribution < -0.4 is 15.2 Å². The normalized spacial score (nSPS) is 15.8. The predicted octanol–water partition coefficient (Wildman–Crippen LogP) is 2.17. The molecule has 3 heterocycles. The molecule has 0 unspecified atom stereocenters. The van der Waals surface area contributed by atoms with Crippen LogP contribution in [0.3, 0.4) is 0 Å². The molecule has 3 rings (SSSR count). The average Bonchev–Trinajstić information content (AvgIpc) is 2.51. The van der Waals surface area contributed by atoms with Gasteiger partial charge in [-0.05, 0) is 13.0 Å². The number of piperidine rings is 1. The summed E-state index contributed by atoms with van der Waals surface area (Å²) >= 11 is 6.04. The molecule has 0 saturated carbocycles. The lowest BCUT2D eigenvalue weighted by atomic mass is 10.1. The Morgan fingerprint density at radius 3 is 2.86 bits per heavy atom. The highest BCUT2D eigenvalue weighted by Gasteiger charge is 2.23. The lowest BCUT2D eigenvalue weighted by molar-refractivity contribution is 0.163. The maximum atomic E-state index is 11.5. The van der Waals surface area contributed by atoms with E-state index < -0.39 is 0 Å². The summed E-state index contributed by atoms with van der Waals surface area (Å²) in [6, 6.07) is 5.75. The van der Waals surface area contributed by atoms with E-state index in [9.17, 15) is 4.79 Å². The number of anilines is 1. The maximum absolute atomic E-state index is 11.5. The van der Waals surface area contributed by atoms with E-state index in [-0.39, 0.29) is 16.7 Å². The molecule has 1 N–H and O–H groups in total. The van der Waals surface area contributed by atoms with Crippen LogP contribution in [0.25, 0.3) is 0 Å². The standard InChI is InChI=1S/C15H17ClN4O2/c1-10-3-2-4-13(18-10)22-11-5-7-20(8-6-11)12-9-17-19-15(21)14(12)16/h2-4,9,11H,5-8H2,1H3,(H,19,21). The Hall–Kier alpha value is -2.08. The lowest BCUT2D eigenvalue weighted by Gasteiger charge is -2.33. The fourth-order valence-electron chi connectivity index (χ4n) is 2.56. The monoisotopic (exact) mass is 320 g/mol. The molecule has 1 saturated heterocycles. The predicted molar refractivity (Wildman–Crippen MR) is 84.7 cm³/mol. The third-order valence-electron chi connectivity index (χ3n) is 3.71. The number of nitrogens with one attached hydrogen (secondary N) is 1. The van der Waals surface area contributed by atoms with E-state index in [0.29, 0.717) is 11.6 Å². The van der Waals surface area contributed by atoms with Gasteiger partial charge >= 0.3 is 0 Å². The van der Waals surface area contributed by atoms with Crippen molar-refractivity contribution in [2.75, 3.05) is 18.0 Å². The van der Waals surface area contributed by atoms with Crippen LogP contribution in [0.15, 0.2) is 29.2 Å². The van der Waals surface area contributed by atoms with Crippen LogP contribution in [-0.4, -0.2) is 34.4 Å². The van der Waals surface area contributed by atoms with Crippen LogP contribution in [0.1, 0.15) is 18.5 Å². The Balaban J connectivity index is 1.63. The van der Waals surface area contributed by atoms with Gasteiger partial charge in [-0.3, -0.25) is 4.79 Å². The Morgan fingerprint density at radius 2 is 2.14 bits per heavy atom. The summed E-state index contributed by atoms with van der Waals surface area (Å²) in [7, 11) is 0. The fraction of sp³-hybridized carbons (Fsp3) is 0.400. The van der Waals surface area contributed by atoms with E-state index in [4.69, 9.17) is 16.3 Å². The van der Waals surface area contributed by atoms with Gasteiger partial charge in [0.15, 0.2) is 0 Å². The first-order chi connectivity index (χ1) is 10.6. The van der Waals surface area contributed by atoms with Crippen molar-refractivity contribution < 1.29 is 4.74 Å². The molecule has 1 fully saturated rings. The minimum Gasteiger partial charge on any atom is -0.474 e. The molecule has 0 spiro atoms. The third kappa shape index (κ3) is 3.22. The molecule has 6 nitrogen and oxygen atoms in total. The van der Waals surface area contributed by atoms with Crippen LogP contribution in [-0.2, 0) is 0 Å². The van der Waals surface area contributed by atoms with E-state index >= 15 is 0 Å². The van der Waals surface area contributed by atoms with Gasteiger partial charge in [0, 0.05) is 37.7 Å². The third-order valence-corrected chi connectivity index (χ3v) is 4.08. The SMILES string of the molecule is Cc1cccc(OC2CCN(c3cn[nH]c(=O)c3Cl)CC2)n1. The number of halogens is 1. The maximum Gasteiger partial charge on any atom is 0.285 e. The number of H-pyrrole nitrogens is 1. The van der Waals surface area contributed by atoms with Crippen molar-refractivity contribution >= 4 is 17.3 Å². The molecule has 1 aliphatic heterocycles. The number of rotatable bonds is 3. The molecule has 0 bridgehead atoms. The van der Waals surface area contributed by atoms with Crippen LogP contribution in [0, 0.1) is 6.92 Å². The van der Waals surface area contributed by atoms with Crippen LogP contribution >= 0.6 is 11.6 Å². The highest BCUT2D eigenvalue weighted by atomic mass is 35.5. The minimum atomic E-state index is -0.360. The van der Waals surface area contributed by atoms with E-state index in [1.54, 1.807) is 6.20 Å². The van der Waals surface area contributed by atoms with Crippen molar-refractivity contribution in [3.05, 3.63) is 45.5 Å². The van der Waals surface area contributed by atoms with Gasteiger partial charge in [0.25, 0.3) is 5.56 Å². The first kappa shape index (κ1) is 14.8. The lowest BCUT2D eigenvalue weighted by Crippen LogP contribution is -2.39. The summed E-state index contributed by atoms with van der Waals surface area (Å²) in [5, 5.41) is 6.33. The highest BCUT2D eigenvalue weighted by molar-refractivity contribution is 6.32. The second-order valence-electron chi connectivity index (χ2n) is 5.32. The molecule has 7 heteroatoms. The first-order valence-electron chi connectivity index (χ1n) is 7.22. The van der Waals surface area contributed by atoms with Crippen molar-refractivity contribution in [2.24, 2.45) is 0 Å². The van der Waals surface area contributed by atoms with Crippen molar-refractivity contribution in [3.63, 3.8) is 0 Å². The van der Waals surface area contributed by atoms with Crippen molar-refractivity contribution in [2.45, 2.75) is 25.9 Å². The van der Waals surface area contributed by atoms with Crippen LogP contribution in [0.4, 0.5) is 5.69 Å². The van der Waals surface area contributed by atoms with Crippen LogP contribution in [0.5, 0.6) is 5.88 Å². The molecule has 0 aliphatic carbocycles. The molecule has 1 aliphatic rings. The molecule has 22 heavy (non-hydrogen) atoms. The summed E-state index contributed by atoms with van der Waals surface area (Å²) in [6.45, 7) is 3.47. The van der Waals surface area contributed by atoms with Gasteiger partial charge in [-0.2, -0.15) is 5.10 Å². The van der Waals surface area contributed by atoms with Gasteiger partial charge in [-0.25, -0.2) is 10.1 Å². The topological polar surface area (TPSA) is 71.1 Å². The number of ether oxygens (including phenoxy) is 1. The summed E-state index contributed by atoms with van der Waals surface area (Å²) in [6.07, 6.45) is 3.41. The molecule has 2 aromatic heterocycles. The molecule has 0 atom stereocenters. The number of nitrogens with zero attached hydrogens (tertiary/aromatic N) is 3. The zero-order valence-corrected chi connectivity index (χ0v) is 13.0. The second kappa shape index (κ2) is 6.36. The van der Waals surface area contributed by atoms with Gasteiger partial charge in [0.2, 0.25) is 5.88 Å². The van der Waals surface area contributed by atoms with Gasteiger partial charge in [-0.15, -0.1) is 0 Å². The van der Waals surface area contributed by atoms with Gasteiger partial charge in [0.1, 0.15) is 11.1 Å². The molecule has 0 aromatic carbocycles. The number of aromatic amines is 1. The Labute approximate surface area is 133 Å². The quantitative estimate of drug-likeness (QED) is 0.938. The van der Waals surface area contributed by atoms with Gasteiger partial charge in [-0.1, -0.05) is 17.7 Å². The van der Waals surface area contributed by atoms with Crippen molar-refractivity contribution in [1.29, 1.82) is 0 Å². The molecule has 0 amide bonds. The van der Waals surface area contributed by atoms with E-state index in [1.807, 2.05) is 25.1 Å². The largest absolute Gasteiger partial charge is 0.474 e. The number of hydrogen-bond donors (Lipinski definition) is 1. The average molecular weight is 321 g/mol. The highest BCUT2D eigenvalue weighted by Crippen LogP contribution is 2.25. The van der Waals surface area contributed by atoms with Crippen LogP contribution in [0.2, 0.25) is 5.02 Å². The summed E-state index contributed by atoms with van der Waals surface area (Å²) in [4.78, 5) is 17.9. The Bertz CT molecular complexity index is 711. The minimum absolute atomic E-state index is 0.124. The smallest absolute Gasteiger partial charge is 0.285 e. The van der Waals surface area contributed by atoms with Gasteiger partial charge in [0.05, 0.1) is 11.9 Å². The second-order valence-corrected chi connectivity index (χ2v) is 5.70.